The number of nitrogens with two attached hydrogens (primary N) is 1. The summed E-state index contributed by atoms with van der Waals surface area (Å²) in [5.41, 5.74) is 8.08. The van der Waals surface area contributed by atoms with Gasteiger partial charge in [0.2, 0.25) is 23.6 Å². The van der Waals surface area contributed by atoms with Crippen LogP contribution >= 0.6 is 0 Å². The van der Waals surface area contributed by atoms with Crippen molar-refractivity contribution in [3.8, 4) is 17.0 Å². The second-order valence-electron chi connectivity index (χ2n) is 13.7. The monoisotopic (exact) mass is 802 g/mol. The number of carbonyl (C=O) groups excluding carboxylic acids is 6. The number of phenolic OH excluding ortho intramolecular Hbond substituents is 1. The molecule has 1 aromatic heterocycles. The number of amides is 6. The molecule has 3 aliphatic heterocycles. The van der Waals surface area contributed by atoms with Crippen molar-refractivity contribution in [2.45, 2.75) is 31.7 Å². The van der Waals surface area contributed by atoms with Crippen molar-refractivity contribution in [2.24, 2.45) is 5.92 Å². The molecule has 3 aromatic rings. The van der Waals surface area contributed by atoms with Gasteiger partial charge in [0.05, 0.1) is 74.4 Å². The van der Waals surface area contributed by atoms with E-state index >= 15 is 0 Å². The molecule has 1 unspecified atom stereocenters. The van der Waals surface area contributed by atoms with Gasteiger partial charge in [-0.2, -0.15) is 0 Å². The Morgan fingerprint density at radius 2 is 1.50 bits per heavy atom. The SMILES string of the molecule is Nc1nnc(-c2ccccc2O)cc1N1CCC(C(=O)NCCOCCOCCOCCOCC(=O)Nc2cccc3c2C(=O)N(C2CCC(=O)NC2=O)C3=O)CC1. The number of carbonyl (C=O) groups is 6. The van der Waals surface area contributed by atoms with Crippen LogP contribution in [0.15, 0.2) is 48.5 Å². The Morgan fingerprint density at radius 3 is 2.21 bits per heavy atom. The van der Waals surface area contributed by atoms with Crippen LogP contribution in [-0.2, 0) is 38.1 Å². The van der Waals surface area contributed by atoms with Crippen molar-refractivity contribution in [1.29, 1.82) is 0 Å². The van der Waals surface area contributed by atoms with Crippen LogP contribution in [0.5, 0.6) is 5.75 Å². The minimum Gasteiger partial charge on any atom is -0.507 e. The smallest absolute Gasteiger partial charge is 0.264 e. The fourth-order valence-electron chi connectivity index (χ4n) is 6.87. The molecule has 58 heavy (non-hydrogen) atoms. The van der Waals surface area contributed by atoms with Crippen LogP contribution in [0.4, 0.5) is 17.2 Å². The van der Waals surface area contributed by atoms with Crippen molar-refractivity contribution in [1.82, 2.24) is 25.7 Å². The summed E-state index contributed by atoms with van der Waals surface area (Å²) in [5, 5.41) is 26.1. The molecule has 0 bridgehead atoms. The second-order valence-corrected chi connectivity index (χ2v) is 13.7. The maximum absolute atomic E-state index is 13.2. The van der Waals surface area contributed by atoms with Gasteiger partial charge in [0, 0.05) is 37.5 Å². The predicted molar refractivity (Wildman–Crippen MR) is 207 cm³/mol. The number of hydrogen-bond acceptors (Lipinski definition) is 15. The van der Waals surface area contributed by atoms with Crippen LogP contribution in [0.25, 0.3) is 11.3 Å². The summed E-state index contributed by atoms with van der Waals surface area (Å²) in [6, 6.07) is 12.0. The molecule has 4 heterocycles. The fourth-order valence-corrected chi connectivity index (χ4v) is 6.87. The lowest BCUT2D eigenvalue weighted by atomic mass is 9.95. The lowest BCUT2D eigenvalue weighted by molar-refractivity contribution is -0.136. The zero-order valence-electron chi connectivity index (χ0n) is 31.8. The summed E-state index contributed by atoms with van der Waals surface area (Å²) >= 11 is 0. The van der Waals surface area contributed by atoms with Crippen LogP contribution < -0.4 is 26.6 Å². The van der Waals surface area contributed by atoms with Crippen molar-refractivity contribution < 1.29 is 52.8 Å². The Morgan fingerprint density at radius 1 is 0.828 bits per heavy atom. The van der Waals surface area contributed by atoms with Crippen LogP contribution in [0.1, 0.15) is 46.4 Å². The first-order valence-electron chi connectivity index (χ1n) is 19.0. The molecule has 6 amide bonds. The van der Waals surface area contributed by atoms with E-state index in [2.05, 4.69) is 31.0 Å². The summed E-state index contributed by atoms with van der Waals surface area (Å²) in [7, 11) is 0. The van der Waals surface area contributed by atoms with Gasteiger partial charge < -0.3 is 45.3 Å². The summed E-state index contributed by atoms with van der Waals surface area (Å²) in [4.78, 5) is 78.2. The molecule has 19 heteroatoms. The molecule has 308 valence electrons. The van der Waals surface area contributed by atoms with Crippen molar-refractivity contribution in [2.75, 3.05) is 88.4 Å². The van der Waals surface area contributed by atoms with Gasteiger partial charge in [0.25, 0.3) is 11.8 Å². The molecule has 0 aliphatic carbocycles. The number of imide groups is 2. The second kappa shape index (κ2) is 19.9. The predicted octanol–water partition coefficient (Wildman–Crippen LogP) is 0.870. The van der Waals surface area contributed by atoms with Gasteiger partial charge in [-0.3, -0.25) is 39.0 Å². The summed E-state index contributed by atoms with van der Waals surface area (Å²) in [5.74, 6) is -2.89. The number of aromatic hydroxyl groups is 1. The largest absolute Gasteiger partial charge is 0.507 e. The fraction of sp³-hybridized carbons (Fsp3) is 0.436. The van der Waals surface area contributed by atoms with E-state index < -0.39 is 35.6 Å². The van der Waals surface area contributed by atoms with Gasteiger partial charge in [-0.25, -0.2) is 0 Å². The van der Waals surface area contributed by atoms with Gasteiger partial charge in [-0.15, -0.1) is 10.2 Å². The number of nitrogens with one attached hydrogen (secondary N) is 3. The average Bonchev–Trinajstić information content (AvgIpc) is 3.47. The minimum absolute atomic E-state index is 0.000217. The molecule has 1 atom stereocenters. The number of benzene rings is 2. The molecule has 2 saturated heterocycles. The molecule has 2 aromatic carbocycles. The van der Waals surface area contributed by atoms with Gasteiger partial charge in [0.1, 0.15) is 18.4 Å². The Balaban J connectivity index is 0.768. The first-order valence-corrected chi connectivity index (χ1v) is 19.0. The number of para-hydroxylation sites is 1. The van der Waals surface area contributed by atoms with Crippen LogP contribution in [0, 0.1) is 5.92 Å². The average molecular weight is 803 g/mol. The normalized spacial score (nSPS) is 17.0. The molecular weight excluding hydrogens is 756 g/mol. The third-order valence-corrected chi connectivity index (χ3v) is 9.82. The molecular formula is C39H46N8O11. The molecule has 0 saturated carbocycles. The third kappa shape index (κ3) is 10.3. The number of rotatable bonds is 19. The van der Waals surface area contributed by atoms with E-state index in [1.165, 1.54) is 18.2 Å². The number of aromatic nitrogens is 2. The molecule has 0 spiro atoms. The van der Waals surface area contributed by atoms with E-state index in [-0.39, 0.29) is 67.1 Å². The van der Waals surface area contributed by atoms with E-state index in [9.17, 15) is 33.9 Å². The summed E-state index contributed by atoms with van der Waals surface area (Å²) in [6.45, 7) is 3.25. The van der Waals surface area contributed by atoms with Crippen molar-refractivity contribution in [3.05, 3.63) is 59.7 Å². The topological polar surface area (TPSA) is 254 Å². The maximum atomic E-state index is 13.2. The van der Waals surface area contributed by atoms with E-state index in [0.717, 1.165) is 10.6 Å². The van der Waals surface area contributed by atoms with Gasteiger partial charge in [0.15, 0.2) is 5.82 Å². The molecule has 6 rings (SSSR count). The number of fused-ring (bicyclic) bond motifs is 1. The first kappa shape index (κ1) is 41.6. The Hall–Kier alpha value is -6.02. The molecule has 19 nitrogen and oxygen atoms in total. The van der Waals surface area contributed by atoms with E-state index in [4.69, 9.17) is 24.7 Å². The third-order valence-electron chi connectivity index (χ3n) is 9.82. The van der Waals surface area contributed by atoms with E-state index in [1.54, 1.807) is 18.2 Å². The highest BCUT2D eigenvalue weighted by Gasteiger charge is 2.45. The minimum atomic E-state index is -1.11. The zero-order valence-corrected chi connectivity index (χ0v) is 31.8. The first-order chi connectivity index (χ1) is 28.1. The zero-order chi connectivity index (χ0) is 41.0. The highest BCUT2D eigenvalue weighted by Crippen LogP contribution is 2.34. The molecule has 6 N–H and O–H groups in total. The Labute approximate surface area is 333 Å². The standard InChI is InChI=1S/C39H46N8O11/c40-35-30(22-28(44-45-35)25-4-1-2-7-31(25)48)46-13-10-24(11-14-46)36(51)41-12-15-55-16-17-56-18-19-57-20-21-58-23-33(50)42-27-6-3-5-26-34(27)39(54)47(38(26)53)29-8-9-32(49)43-37(29)52/h1-7,22,24,29,48H,8-21,23H2,(H2,40,45)(H,41,51)(H,42,50)(H,43,49,52). The highest BCUT2D eigenvalue weighted by atomic mass is 16.6. The summed E-state index contributed by atoms with van der Waals surface area (Å²) in [6.07, 6.45) is 1.32. The number of hydrogen-bond donors (Lipinski definition) is 5. The number of nitrogen functional groups attached to an aromatic ring is 1. The Bertz CT molecular complexity index is 2010. The van der Waals surface area contributed by atoms with Crippen LogP contribution in [0.2, 0.25) is 0 Å². The van der Waals surface area contributed by atoms with Gasteiger partial charge >= 0.3 is 0 Å². The lowest BCUT2D eigenvalue weighted by Gasteiger charge is -2.33. The molecule has 0 radical (unpaired) electrons. The molecule has 3 aliphatic rings. The lowest BCUT2D eigenvalue weighted by Crippen LogP contribution is -2.54. The maximum Gasteiger partial charge on any atom is 0.264 e. The number of piperidine rings is 2. The number of ether oxygens (including phenoxy) is 4. The van der Waals surface area contributed by atoms with Crippen molar-refractivity contribution >= 4 is 52.6 Å². The van der Waals surface area contributed by atoms with Crippen LogP contribution in [-0.4, -0.2) is 134 Å². The van der Waals surface area contributed by atoms with Gasteiger partial charge in [-0.1, -0.05) is 18.2 Å². The van der Waals surface area contributed by atoms with Gasteiger partial charge in [-0.05, 0) is 49.6 Å². The number of nitrogens with zero attached hydrogens (tertiary/aromatic N) is 4. The highest BCUT2D eigenvalue weighted by molar-refractivity contribution is 6.26. The van der Waals surface area contributed by atoms with E-state index in [1.807, 2.05) is 12.1 Å². The van der Waals surface area contributed by atoms with Crippen molar-refractivity contribution in [3.63, 3.8) is 0 Å². The Kier molecular flexibility index (Phi) is 14.3. The quantitative estimate of drug-likeness (QED) is 0.0833. The summed E-state index contributed by atoms with van der Waals surface area (Å²) < 4.78 is 21.9. The van der Waals surface area contributed by atoms with E-state index in [0.29, 0.717) is 82.6 Å². The number of phenols is 1. The van der Waals surface area contributed by atoms with Crippen LogP contribution in [0.3, 0.4) is 0 Å². The number of anilines is 3. The molecule has 2 fully saturated rings.